The highest BCUT2D eigenvalue weighted by molar-refractivity contribution is 7.89. The van der Waals surface area contributed by atoms with Crippen molar-refractivity contribution in [2.75, 3.05) is 18.9 Å². The fraction of sp³-hybridized carbons (Fsp3) is 0.267. The molecule has 0 fully saturated rings. The van der Waals surface area contributed by atoms with Crippen molar-refractivity contribution in [1.29, 1.82) is 0 Å². The summed E-state index contributed by atoms with van der Waals surface area (Å²) in [6.45, 7) is 1.13. The number of benzene rings is 1. The molecular formula is C15H17N3O2S. The van der Waals surface area contributed by atoms with Crippen LogP contribution in [0.5, 0.6) is 0 Å². The van der Waals surface area contributed by atoms with E-state index in [0.717, 1.165) is 29.9 Å². The molecule has 0 unspecified atom stereocenters. The van der Waals surface area contributed by atoms with E-state index in [0.29, 0.717) is 4.90 Å². The molecule has 0 radical (unpaired) electrons. The molecule has 1 N–H and O–H groups in total. The molecule has 1 aromatic carbocycles. The van der Waals surface area contributed by atoms with E-state index in [1.165, 1.54) is 4.31 Å². The second-order valence-corrected chi connectivity index (χ2v) is 7.12. The molecule has 0 atom stereocenters. The Hall–Kier alpha value is -1.92. The topological polar surface area (TPSA) is 62.3 Å². The van der Waals surface area contributed by atoms with Gasteiger partial charge in [0.1, 0.15) is 0 Å². The Balaban J connectivity index is 1.86. The van der Waals surface area contributed by atoms with Gasteiger partial charge in [0.2, 0.25) is 10.0 Å². The van der Waals surface area contributed by atoms with Gasteiger partial charge >= 0.3 is 0 Å². The largest absolute Gasteiger partial charge is 0.384 e. The van der Waals surface area contributed by atoms with Crippen LogP contribution in [0.15, 0.2) is 47.5 Å². The number of aromatic nitrogens is 1. The van der Waals surface area contributed by atoms with Crippen molar-refractivity contribution in [2.45, 2.75) is 17.9 Å². The summed E-state index contributed by atoms with van der Waals surface area (Å²) in [4.78, 5) is 4.50. The van der Waals surface area contributed by atoms with Crippen molar-refractivity contribution in [1.82, 2.24) is 9.29 Å². The number of hydrogen-bond donors (Lipinski definition) is 1. The molecule has 0 saturated heterocycles. The maximum Gasteiger partial charge on any atom is 0.243 e. The molecule has 110 valence electrons. The van der Waals surface area contributed by atoms with Crippen LogP contribution in [-0.2, 0) is 23.0 Å². The predicted octanol–water partition coefficient (Wildman–Crippen LogP) is 1.87. The summed E-state index contributed by atoms with van der Waals surface area (Å²) < 4.78 is 26.6. The van der Waals surface area contributed by atoms with E-state index >= 15 is 0 Å². The number of nitrogens with one attached hydrogen (secondary N) is 1. The molecule has 6 heteroatoms. The number of rotatable bonds is 4. The Morgan fingerprint density at radius 2 is 2.14 bits per heavy atom. The zero-order valence-corrected chi connectivity index (χ0v) is 12.6. The van der Waals surface area contributed by atoms with Crippen LogP contribution in [0.1, 0.15) is 11.3 Å². The van der Waals surface area contributed by atoms with Crippen molar-refractivity contribution in [3.63, 3.8) is 0 Å². The average molecular weight is 303 g/mol. The Morgan fingerprint density at radius 3 is 2.90 bits per heavy atom. The first-order chi connectivity index (χ1) is 10.1. The first kappa shape index (κ1) is 14.0. The lowest BCUT2D eigenvalue weighted by Gasteiger charge is -2.17. The molecule has 21 heavy (non-hydrogen) atoms. The Kier molecular flexibility index (Phi) is 3.65. The van der Waals surface area contributed by atoms with Gasteiger partial charge in [-0.1, -0.05) is 6.07 Å². The summed E-state index contributed by atoms with van der Waals surface area (Å²) in [6.07, 6.45) is 2.53. The molecule has 3 rings (SSSR count). The van der Waals surface area contributed by atoms with Crippen molar-refractivity contribution in [2.24, 2.45) is 0 Å². The van der Waals surface area contributed by atoms with Crippen LogP contribution in [0, 0.1) is 0 Å². The summed E-state index contributed by atoms with van der Waals surface area (Å²) in [6, 6.07) is 10.7. The number of sulfonamides is 1. The monoisotopic (exact) mass is 303 g/mol. The van der Waals surface area contributed by atoms with Gasteiger partial charge in [-0.05, 0) is 42.3 Å². The van der Waals surface area contributed by atoms with E-state index in [4.69, 9.17) is 0 Å². The van der Waals surface area contributed by atoms with E-state index in [-0.39, 0.29) is 6.54 Å². The lowest BCUT2D eigenvalue weighted by molar-refractivity contribution is 0.462. The molecule has 1 aliphatic heterocycles. The third-order valence-electron chi connectivity index (χ3n) is 3.61. The van der Waals surface area contributed by atoms with Gasteiger partial charge in [-0.15, -0.1) is 0 Å². The zero-order chi connectivity index (χ0) is 14.9. The van der Waals surface area contributed by atoms with Crippen LogP contribution < -0.4 is 5.32 Å². The smallest absolute Gasteiger partial charge is 0.243 e. The maximum absolute atomic E-state index is 12.6. The number of hydrogen-bond acceptors (Lipinski definition) is 4. The third kappa shape index (κ3) is 2.77. The summed E-state index contributed by atoms with van der Waals surface area (Å²) in [5.41, 5.74) is 2.81. The minimum absolute atomic E-state index is 0.262. The van der Waals surface area contributed by atoms with Crippen LogP contribution in [0.4, 0.5) is 5.69 Å². The van der Waals surface area contributed by atoms with Gasteiger partial charge in [0.05, 0.1) is 17.1 Å². The highest BCUT2D eigenvalue weighted by Gasteiger charge is 2.23. The van der Waals surface area contributed by atoms with Gasteiger partial charge in [-0.25, -0.2) is 8.42 Å². The molecule has 2 aromatic rings. The fourth-order valence-corrected chi connectivity index (χ4v) is 3.62. The summed E-state index contributed by atoms with van der Waals surface area (Å²) >= 11 is 0. The van der Waals surface area contributed by atoms with Crippen LogP contribution in [0.3, 0.4) is 0 Å². The van der Waals surface area contributed by atoms with Crippen molar-refractivity contribution in [3.05, 3.63) is 53.9 Å². The molecular weight excluding hydrogens is 286 g/mol. The fourth-order valence-electron chi connectivity index (χ4n) is 2.43. The first-order valence-corrected chi connectivity index (χ1v) is 8.24. The average Bonchev–Trinajstić information content (AvgIpc) is 2.95. The highest BCUT2D eigenvalue weighted by Crippen LogP contribution is 2.26. The number of anilines is 1. The molecule has 0 saturated carbocycles. The predicted molar refractivity (Wildman–Crippen MR) is 81.5 cm³/mol. The second kappa shape index (κ2) is 5.46. The molecule has 5 nitrogen and oxygen atoms in total. The van der Waals surface area contributed by atoms with Crippen LogP contribution in [0.2, 0.25) is 0 Å². The Bertz CT molecular complexity index is 745. The van der Waals surface area contributed by atoms with Gasteiger partial charge in [0, 0.05) is 25.5 Å². The van der Waals surface area contributed by atoms with Crippen LogP contribution in [0.25, 0.3) is 0 Å². The second-order valence-electron chi connectivity index (χ2n) is 5.08. The number of fused-ring (bicyclic) bond motifs is 1. The molecule has 1 aliphatic rings. The van der Waals surface area contributed by atoms with E-state index in [9.17, 15) is 8.42 Å². The van der Waals surface area contributed by atoms with Crippen molar-refractivity contribution in [3.8, 4) is 0 Å². The standard InChI is InChI=1S/C15H17N3O2S/c1-18(11-13-4-2-3-8-16-13)21(19,20)14-5-6-15-12(10-14)7-9-17-15/h2-6,8,10,17H,7,9,11H2,1H3. The number of pyridine rings is 1. The lowest BCUT2D eigenvalue weighted by Crippen LogP contribution is -2.27. The summed E-state index contributed by atoms with van der Waals surface area (Å²) in [7, 11) is -1.91. The maximum atomic E-state index is 12.6. The van der Waals surface area contributed by atoms with Gasteiger partial charge in [0.25, 0.3) is 0 Å². The zero-order valence-electron chi connectivity index (χ0n) is 11.8. The molecule has 0 bridgehead atoms. The van der Waals surface area contributed by atoms with Crippen molar-refractivity contribution >= 4 is 15.7 Å². The minimum atomic E-state index is -3.49. The van der Waals surface area contributed by atoms with E-state index in [1.807, 2.05) is 24.3 Å². The van der Waals surface area contributed by atoms with E-state index in [1.54, 1.807) is 25.4 Å². The van der Waals surface area contributed by atoms with Gasteiger partial charge in [-0.3, -0.25) is 4.98 Å². The Morgan fingerprint density at radius 1 is 1.29 bits per heavy atom. The lowest BCUT2D eigenvalue weighted by atomic mass is 10.2. The highest BCUT2D eigenvalue weighted by atomic mass is 32.2. The third-order valence-corrected chi connectivity index (χ3v) is 5.40. The van der Waals surface area contributed by atoms with E-state index in [2.05, 4.69) is 10.3 Å². The molecule has 0 amide bonds. The van der Waals surface area contributed by atoms with Gasteiger partial charge in [0.15, 0.2) is 0 Å². The quantitative estimate of drug-likeness (QED) is 0.936. The van der Waals surface area contributed by atoms with Crippen LogP contribution >= 0.6 is 0 Å². The summed E-state index contributed by atoms with van der Waals surface area (Å²) in [5.74, 6) is 0. The normalized spacial score (nSPS) is 14.0. The van der Waals surface area contributed by atoms with Gasteiger partial charge < -0.3 is 5.32 Å². The van der Waals surface area contributed by atoms with E-state index < -0.39 is 10.0 Å². The number of nitrogens with zero attached hydrogens (tertiary/aromatic N) is 2. The van der Waals surface area contributed by atoms with Crippen molar-refractivity contribution < 1.29 is 8.42 Å². The molecule has 2 heterocycles. The van der Waals surface area contributed by atoms with Gasteiger partial charge in [-0.2, -0.15) is 4.31 Å². The molecule has 0 spiro atoms. The minimum Gasteiger partial charge on any atom is -0.384 e. The summed E-state index contributed by atoms with van der Waals surface area (Å²) in [5, 5.41) is 3.23. The van der Waals surface area contributed by atoms with Crippen LogP contribution in [-0.4, -0.2) is 31.3 Å². The first-order valence-electron chi connectivity index (χ1n) is 6.80. The molecule has 1 aromatic heterocycles. The SMILES string of the molecule is CN(Cc1ccccn1)S(=O)(=O)c1ccc2c(c1)CCN2. The Labute approximate surface area is 124 Å². The molecule has 0 aliphatic carbocycles.